The molecule has 0 aromatic carbocycles. The number of aromatic hydroxyl groups is 1. The number of hydrogen-bond donors (Lipinski definition) is 2. The van der Waals surface area contributed by atoms with Crippen LogP contribution >= 0.6 is 0 Å². The predicted molar refractivity (Wildman–Crippen MR) is 179 cm³/mol. The van der Waals surface area contributed by atoms with E-state index in [1.54, 1.807) is 28.5 Å². The van der Waals surface area contributed by atoms with Gasteiger partial charge < -0.3 is 33.9 Å². The molecule has 0 atom stereocenters. The Bertz CT molecular complexity index is 2280. The van der Waals surface area contributed by atoms with Crippen LogP contribution in [-0.2, 0) is 17.8 Å². The molecule has 0 unspecified atom stereocenters. The van der Waals surface area contributed by atoms with Crippen molar-refractivity contribution in [1.82, 2.24) is 34.7 Å². The first-order valence-corrected chi connectivity index (χ1v) is 17.8. The van der Waals surface area contributed by atoms with Gasteiger partial charge in [0.15, 0.2) is 17.1 Å². The van der Waals surface area contributed by atoms with E-state index in [9.17, 15) is 32.7 Å². The van der Waals surface area contributed by atoms with Gasteiger partial charge in [0.1, 0.15) is 18.6 Å². The summed E-state index contributed by atoms with van der Waals surface area (Å²) in [7, 11) is 1.47. The van der Waals surface area contributed by atoms with Gasteiger partial charge in [0.25, 0.3) is 5.91 Å². The quantitative estimate of drug-likeness (QED) is 0.260. The Morgan fingerprint density at radius 3 is 2.42 bits per heavy atom. The second kappa shape index (κ2) is 10.5. The molecular weight excluding hydrogens is 697 g/mol. The van der Waals surface area contributed by atoms with E-state index in [1.165, 1.54) is 19.6 Å². The number of aromatic nitrogens is 5. The van der Waals surface area contributed by atoms with E-state index in [-0.39, 0.29) is 114 Å². The van der Waals surface area contributed by atoms with Gasteiger partial charge in [-0.25, -0.2) is 15.0 Å². The first-order valence-electron chi connectivity index (χ1n) is 17.8. The van der Waals surface area contributed by atoms with Gasteiger partial charge in [-0.05, 0) is 60.3 Å². The number of nitrogens with one attached hydrogen (secondary N) is 1. The largest absolute Gasteiger partial charge is 0.504 e. The van der Waals surface area contributed by atoms with Crippen LogP contribution < -0.4 is 20.4 Å². The number of fused-ring (bicyclic) bond motifs is 1. The molecule has 14 nitrogen and oxygen atoms in total. The summed E-state index contributed by atoms with van der Waals surface area (Å²) in [6.07, 6.45) is -1.05. The first-order chi connectivity index (χ1) is 25.4. The van der Waals surface area contributed by atoms with Crippen molar-refractivity contribution in [3.05, 3.63) is 52.0 Å². The molecule has 17 heteroatoms. The molecule has 0 bridgehead atoms. The smallest absolute Gasteiger partial charge is 0.395 e. The number of oxazole rings is 1. The van der Waals surface area contributed by atoms with E-state index in [2.05, 4.69) is 20.3 Å². The monoisotopic (exact) mass is 732 g/mol. The summed E-state index contributed by atoms with van der Waals surface area (Å²) in [6, 6.07) is 3.28. The van der Waals surface area contributed by atoms with E-state index in [4.69, 9.17) is 14.1 Å². The molecule has 276 valence electrons. The topological polar surface area (TPSA) is 169 Å². The minimum atomic E-state index is -4.14. The lowest BCUT2D eigenvalue weighted by atomic mass is 8.92. The van der Waals surface area contributed by atoms with Crippen molar-refractivity contribution in [2.24, 2.45) is 46.3 Å². The van der Waals surface area contributed by atoms with Crippen LogP contribution in [0, 0.1) is 53.3 Å². The summed E-state index contributed by atoms with van der Waals surface area (Å²) in [5.74, 6) is -1.32. The Morgan fingerprint density at radius 1 is 1.08 bits per heavy atom. The molecule has 6 saturated carbocycles. The van der Waals surface area contributed by atoms with E-state index >= 15 is 0 Å². The number of pyridine rings is 2. The number of piperazine rings is 1. The fourth-order valence-corrected chi connectivity index (χ4v) is 11.8. The lowest BCUT2D eigenvalue weighted by Gasteiger charge is -3.11. The molecule has 1 saturated heterocycles. The summed E-state index contributed by atoms with van der Waals surface area (Å²) in [5, 5.41) is 13.5. The number of nitrogens with zero attached hydrogens (tertiary/aromatic N) is 7. The minimum absolute atomic E-state index is 0.0460. The molecule has 11 rings (SSSR count). The molecule has 0 spiro atoms. The average molecular weight is 733 g/mol. The van der Waals surface area contributed by atoms with Crippen LogP contribution in [0.25, 0.3) is 22.7 Å². The second-order valence-electron chi connectivity index (χ2n) is 15.2. The summed E-state index contributed by atoms with van der Waals surface area (Å²) in [5.41, 5.74) is -0.343. The van der Waals surface area contributed by atoms with Crippen molar-refractivity contribution >= 4 is 28.7 Å². The van der Waals surface area contributed by atoms with Crippen LogP contribution in [0.4, 0.5) is 18.9 Å². The zero-order valence-corrected chi connectivity index (χ0v) is 29.0. The highest BCUT2D eigenvalue weighted by atomic mass is 19.4. The summed E-state index contributed by atoms with van der Waals surface area (Å²) < 4.78 is 54.8. The highest BCUT2D eigenvalue weighted by molar-refractivity contribution is 5.95. The van der Waals surface area contributed by atoms with E-state index in [1.807, 2.05) is 11.8 Å². The van der Waals surface area contributed by atoms with E-state index < -0.39 is 22.9 Å². The maximum atomic E-state index is 14.3. The van der Waals surface area contributed by atoms with Gasteiger partial charge in [0, 0.05) is 56.2 Å². The SMILES string of the molecule is CCc1c(N2CCN(C(=O)c3ncnc(C)c3O)CC2)c(=O)c2oc(-c3ccnc(OC)c3)nc2n1CC(=O)NCC12C3C4C1C1C2C3C41C(F)(F)F. The van der Waals surface area contributed by atoms with Crippen molar-refractivity contribution in [3.63, 3.8) is 0 Å². The number of halogens is 3. The zero-order chi connectivity index (χ0) is 36.9. The molecule has 2 N–H and O–H groups in total. The predicted octanol–water partition coefficient (Wildman–Crippen LogP) is 2.81. The highest BCUT2D eigenvalue weighted by Crippen LogP contribution is 3.11. The third-order valence-electron chi connectivity index (χ3n) is 13.7. The maximum absolute atomic E-state index is 14.3. The van der Waals surface area contributed by atoms with Crippen molar-refractivity contribution in [1.29, 1.82) is 0 Å². The van der Waals surface area contributed by atoms with Gasteiger partial charge in [-0.1, -0.05) is 6.92 Å². The molecule has 53 heavy (non-hydrogen) atoms. The molecule has 4 aromatic heterocycles. The molecule has 5 heterocycles. The zero-order valence-electron chi connectivity index (χ0n) is 29.0. The van der Waals surface area contributed by atoms with Crippen molar-refractivity contribution in [2.45, 2.75) is 33.0 Å². The number of methoxy groups -OCH3 is 1. The fraction of sp³-hybridized carbons (Fsp3) is 0.528. The molecule has 6 aliphatic carbocycles. The third kappa shape index (κ3) is 3.67. The van der Waals surface area contributed by atoms with Gasteiger partial charge in [-0.3, -0.25) is 14.4 Å². The minimum Gasteiger partial charge on any atom is -0.504 e. The van der Waals surface area contributed by atoms with Crippen LogP contribution in [0.1, 0.15) is 28.8 Å². The molecule has 2 amide bonds. The molecule has 1 aliphatic heterocycles. The van der Waals surface area contributed by atoms with Crippen LogP contribution in [0.3, 0.4) is 0 Å². The highest BCUT2D eigenvalue weighted by Gasteiger charge is 3.13. The van der Waals surface area contributed by atoms with Gasteiger partial charge >= 0.3 is 6.18 Å². The van der Waals surface area contributed by atoms with Crippen molar-refractivity contribution < 1.29 is 37.0 Å². The standard InChI is InChI=1S/C36H35F3N8O6/c1-4-17-27(45-7-9-46(10-8-45)33(51)26-28(49)15(2)42-14-43-26)29(50)30-31(44-32(53-30)16-5-6-40-19(11-16)52-3)47(17)12-18(48)41-13-34-20-23-21(34)25-22(34)24(20)35(23,25)36(37,38)39/h5-6,11,14,20-25,49H,4,7-10,12-13H2,1-3H3,(H,41,48). The van der Waals surface area contributed by atoms with E-state index in [0.717, 1.165) is 0 Å². The van der Waals surface area contributed by atoms with Gasteiger partial charge in [-0.2, -0.15) is 18.2 Å². The normalized spacial score (nSPS) is 31.1. The Kier molecular flexibility index (Phi) is 6.41. The Hall–Kier alpha value is -5.22. The van der Waals surface area contributed by atoms with Crippen molar-refractivity contribution in [2.75, 3.05) is 44.7 Å². The fourth-order valence-electron chi connectivity index (χ4n) is 11.8. The van der Waals surface area contributed by atoms with Gasteiger partial charge in [0.2, 0.25) is 28.7 Å². The molecule has 7 fully saturated rings. The molecule has 7 aliphatic rings. The lowest BCUT2D eigenvalue weighted by molar-refractivity contribution is -0.689. The molecule has 4 aromatic rings. The lowest BCUT2D eigenvalue weighted by Crippen LogP contribution is -3.12. The number of hydrogen-bond acceptors (Lipinski definition) is 11. The summed E-state index contributed by atoms with van der Waals surface area (Å²) in [6.45, 7) is 4.61. The number of amides is 2. The number of carbonyl (C=O) groups excluding carboxylic acids is 2. The van der Waals surface area contributed by atoms with Crippen LogP contribution in [-0.4, -0.2) is 92.3 Å². The molecular formula is C36H35F3N8O6. The van der Waals surface area contributed by atoms with Crippen molar-refractivity contribution in [3.8, 4) is 23.1 Å². The Morgan fingerprint density at radius 2 is 1.77 bits per heavy atom. The van der Waals surface area contributed by atoms with Gasteiger partial charge in [-0.15, -0.1) is 0 Å². The number of ether oxygens (including phenoxy) is 1. The number of alkyl halides is 3. The second-order valence-corrected chi connectivity index (χ2v) is 15.2. The number of aryl methyl sites for hydroxylation is 1. The Balaban J connectivity index is 0.944. The summed E-state index contributed by atoms with van der Waals surface area (Å²) >= 11 is 0. The third-order valence-corrected chi connectivity index (χ3v) is 13.7. The van der Waals surface area contributed by atoms with Crippen LogP contribution in [0.15, 0.2) is 33.9 Å². The number of rotatable bonds is 9. The molecule has 0 radical (unpaired) electrons. The van der Waals surface area contributed by atoms with Crippen LogP contribution in [0.5, 0.6) is 11.6 Å². The maximum Gasteiger partial charge on any atom is 0.395 e. The first kappa shape index (κ1) is 32.4. The van der Waals surface area contributed by atoms with E-state index in [0.29, 0.717) is 35.8 Å². The number of carbonyl (C=O) groups is 2. The Labute approximate surface area is 299 Å². The van der Waals surface area contributed by atoms with Crippen LogP contribution in [0.2, 0.25) is 0 Å². The summed E-state index contributed by atoms with van der Waals surface area (Å²) in [4.78, 5) is 61.5. The average Bonchev–Trinajstić information content (AvgIpc) is 3.62. The number of anilines is 1. The van der Waals surface area contributed by atoms with Gasteiger partial charge in [0.05, 0.1) is 18.2 Å².